The summed E-state index contributed by atoms with van der Waals surface area (Å²) in [6, 6.07) is 0. The molecular formula is C11H20N2O. The normalized spacial score (nSPS) is 13.0. The van der Waals surface area contributed by atoms with Crippen molar-refractivity contribution in [3.05, 3.63) is 18.7 Å². The summed E-state index contributed by atoms with van der Waals surface area (Å²) in [6.07, 6.45) is 10.7. The average Bonchev–Trinajstić information content (AvgIpc) is 2.65. The van der Waals surface area contributed by atoms with E-state index in [1.165, 1.54) is 0 Å². The van der Waals surface area contributed by atoms with Gasteiger partial charge in [-0.2, -0.15) is 0 Å². The van der Waals surface area contributed by atoms with E-state index < -0.39 is 0 Å². The van der Waals surface area contributed by atoms with Crippen LogP contribution in [0.4, 0.5) is 0 Å². The molecule has 0 radical (unpaired) electrons. The molecule has 0 fully saturated rings. The highest BCUT2D eigenvalue weighted by molar-refractivity contribution is 4.73. The number of hydrogen-bond acceptors (Lipinski definition) is 2. The second kappa shape index (κ2) is 6.60. The van der Waals surface area contributed by atoms with Crippen LogP contribution in [0.15, 0.2) is 18.7 Å². The van der Waals surface area contributed by atoms with Gasteiger partial charge in [0.2, 0.25) is 0 Å². The molecule has 0 aromatic carbocycles. The Kier molecular flexibility index (Phi) is 5.30. The molecule has 1 aromatic heterocycles. The maximum Gasteiger partial charge on any atom is 0.0945 e. The highest BCUT2D eigenvalue weighted by Gasteiger charge is 2.01. The maximum absolute atomic E-state index is 9.49. The summed E-state index contributed by atoms with van der Waals surface area (Å²) in [7, 11) is 0. The van der Waals surface area contributed by atoms with E-state index in [1.807, 2.05) is 12.5 Å². The molecule has 1 atom stereocenters. The molecule has 0 aliphatic carbocycles. The summed E-state index contributed by atoms with van der Waals surface area (Å²) in [4.78, 5) is 3.98. The molecule has 0 aliphatic rings. The van der Waals surface area contributed by atoms with Crippen molar-refractivity contribution in [2.75, 3.05) is 0 Å². The standard InChI is InChI=1S/C11H20N2O/c1-2-5-11(14)6-3-4-8-13-9-7-12-10-13/h7,9-11,14H,2-6,8H2,1H3. The molecule has 14 heavy (non-hydrogen) atoms. The number of rotatable bonds is 7. The minimum absolute atomic E-state index is 0.0946. The van der Waals surface area contributed by atoms with Gasteiger partial charge >= 0.3 is 0 Å². The molecule has 1 N–H and O–H groups in total. The smallest absolute Gasteiger partial charge is 0.0945 e. The Hall–Kier alpha value is -0.830. The number of nitrogens with zero attached hydrogens (tertiary/aromatic N) is 2. The number of unbranched alkanes of at least 4 members (excludes halogenated alkanes) is 1. The van der Waals surface area contributed by atoms with Crippen molar-refractivity contribution in [3.63, 3.8) is 0 Å². The summed E-state index contributed by atoms with van der Waals surface area (Å²) in [5.74, 6) is 0. The fraction of sp³-hybridized carbons (Fsp3) is 0.727. The van der Waals surface area contributed by atoms with Crippen LogP contribution in [0, 0.1) is 0 Å². The van der Waals surface area contributed by atoms with Gasteiger partial charge in [0.05, 0.1) is 12.4 Å². The minimum atomic E-state index is -0.0946. The van der Waals surface area contributed by atoms with Crippen LogP contribution in [0.2, 0.25) is 0 Å². The average molecular weight is 196 g/mol. The number of imidazole rings is 1. The Morgan fingerprint density at radius 1 is 1.36 bits per heavy atom. The third kappa shape index (κ3) is 4.42. The number of hydrogen-bond donors (Lipinski definition) is 1. The lowest BCUT2D eigenvalue weighted by Gasteiger charge is -2.08. The second-order valence-corrected chi connectivity index (χ2v) is 3.74. The predicted molar refractivity (Wildman–Crippen MR) is 57.0 cm³/mol. The number of aliphatic hydroxyl groups is 1. The third-order valence-electron chi connectivity index (χ3n) is 2.38. The Labute approximate surface area is 85.8 Å². The van der Waals surface area contributed by atoms with E-state index in [2.05, 4.69) is 16.5 Å². The van der Waals surface area contributed by atoms with Gasteiger partial charge in [0.25, 0.3) is 0 Å². The van der Waals surface area contributed by atoms with Crippen LogP contribution in [0.5, 0.6) is 0 Å². The highest BCUT2D eigenvalue weighted by atomic mass is 16.3. The van der Waals surface area contributed by atoms with E-state index in [4.69, 9.17) is 0 Å². The van der Waals surface area contributed by atoms with E-state index in [1.54, 1.807) is 6.20 Å². The largest absolute Gasteiger partial charge is 0.393 e. The van der Waals surface area contributed by atoms with Gasteiger partial charge in [-0.25, -0.2) is 4.98 Å². The summed E-state index contributed by atoms with van der Waals surface area (Å²) < 4.78 is 2.08. The number of aliphatic hydroxyl groups excluding tert-OH is 1. The molecule has 0 aliphatic heterocycles. The first-order chi connectivity index (χ1) is 6.83. The molecule has 0 amide bonds. The van der Waals surface area contributed by atoms with Crippen molar-refractivity contribution in [1.82, 2.24) is 9.55 Å². The maximum atomic E-state index is 9.49. The fourth-order valence-corrected chi connectivity index (χ4v) is 1.57. The zero-order valence-electron chi connectivity index (χ0n) is 8.89. The lowest BCUT2D eigenvalue weighted by Crippen LogP contribution is -2.06. The first-order valence-electron chi connectivity index (χ1n) is 5.46. The first kappa shape index (κ1) is 11.2. The summed E-state index contributed by atoms with van der Waals surface area (Å²) >= 11 is 0. The van der Waals surface area contributed by atoms with E-state index in [0.29, 0.717) is 0 Å². The topological polar surface area (TPSA) is 38.0 Å². The molecule has 1 unspecified atom stereocenters. The monoisotopic (exact) mass is 196 g/mol. The van der Waals surface area contributed by atoms with Gasteiger partial charge in [-0.15, -0.1) is 0 Å². The highest BCUT2D eigenvalue weighted by Crippen LogP contribution is 2.07. The Bertz CT molecular complexity index is 221. The van der Waals surface area contributed by atoms with Crippen molar-refractivity contribution in [1.29, 1.82) is 0 Å². The summed E-state index contributed by atoms with van der Waals surface area (Å²) in [5.41, 5.74) is 0. The van der Waals surface area contributed by atoms with Crippen LogP contribution >= 0.6 is 0 Å². The zero-order valence-corrected chi connectivity index (χ0v) is 8.89. The van der Waals surface area contributed by atoms with E-state index >= 15 is 0 Å². The Balaban J connectivity index is 1.99. The molecule has 0 saturated carbocycles. The summed E-state index contributed by atoms with van der Waals surface area (Å²) in [6.45, 7) is 3.12. The van der Waals surface area contributed by atoms with Gasteiger partial charge in [0, 0.05) is 18.9 Å². The van der Waals surface area contributed by atoms with Crippen molar-refractivity contribution in [3.8, 4) is 0 Å². The zero-order chi connectivity index (χ0) is 10.2. The quantitative estimate of drug-likeness (QED) is 0.679. The predicted octanol–water partition coefficient (Wildman–Crippen LogP) is 2.21. The van der Waals surface area contributed by atoms with Crippen LogP contribution in [-0.4, -0.2) is 20.8 Å². The SMILES string of the molecule is CCCC(O)CCCCn1ccnc1. The minimum Gasteiger partial charge on any atom is -0.393 e. The van der Waals surface area contributed by atoms with Crippen molar-refractivity contribution in [2.24, 2.45) is 0 Å². The van der Waals surface area contributed by atoms with Crippen molar-refractivity contribution < 1.29 is 5.11 Å². The Morgan fingerprint density at radius 3 is 2.86 bits per heavy atom. The van der Waals surface area contributed by atoms with Gasteiger partial charge in [0.15, 0.2) is 0 Å². The van der Waals surface area contributed by atoms with E-state index in [0.717, 1.165) is 38.6 Å². The molecule has 1 rings (SSSR count). The molecule has 0 spiro atoms. The third-order valence-corrected chi connectivity index (χ3v) is 2.38. The number of aromatic nitrogens is 2. The Morgan fingerprint density at radius 2 is 2.21 bits per heavy atom. The second-order valence-electron chi connectivity index (χ2n) is 3.74. The fourth-order valence-electron chi connectivity index (χ4n) is 1.57. The van der Waals surface area contributed by atoms with Crippen molar-refractivity contribution in [2.45, 2.75) is 51.7 Å². The van der Waals surface area contributed by atoms with Gasteiger partial charge in [-0.05, 0) is 25.7 Å². The van der Waals surface area contributed by atoms with E-state index in [-0.39, 0.29) is 6.10 Å². The molecule has 80 valence electrons. The van der Waals surface area contributed by atoms with Crippen molar-refractivity contribution >= 4 is 0 Å². The molecule has 1 heterocycles. The molecule has 0 saturated heterocycles. The van der Waals surface area contributed by atoms with Crippen LogP contribution < -0.4 is 0 Å². The first-order valence-corrected chi connectivity index (χ1v) is 5.46. The van der Waals surface area contributed by atoms with Crippen LogP contribution in [0.1, 0.15) is 39.0 Å². The molecular weight excluding hydrogens is 176 g/mol. The van der Waals surface area contributed by atoms with Gasteiger partial charge in [-0.3, -0.25) is 0 Å². The van der Waals surface area contributed by atoms with Crippen LogP contribution in [0.3, 0.4) is 0 Å². The van der Waals surface area contributed by atoms with Crippen LogP contribution in [-0.2, 0) is 6.54 Å². The molecule has 3 nitrogen and oxygen atoms in total. The van der Waals surface area contributed by atoms with Gasteiger partial charge in [0.1, 0.15) is 0 Å². The van der Waals surface area contributed by atoms with E-state index in [9.17, 15) is 5.11 Å². The van der Waals surface area contributed by atoms with Crippen LogP contribution in [0.25, 0.3) is 0 Å². The molecule has 3 heteroatoms. The molecule has 0 bridgehead atoms. The van der Waals surface area contributed by atoms with Gasteiger partial charge < -0.3 is 9.67 Å². The number of aryl methyl sites for hydroxylation is 1. The lowest BCUT2D eigenvalue weighted by atomic mass is 10.1. The lowest BCUT2D eigenvalue weighted by molar-refractivity contribution is 0.149. The van der Waals surface area contributed by atoms with Gasteiger partial charge in [-0.1, -0.05) is 13.3 Å². The summed E-state index contributed by atoms with van der Waals surface area (Å²) in [5, 5.41) is 9.49. The molecule has 1 aromatic rings.